The van der Waals surface area contributed by atoms with Crippen LogP contribution in [-0.2, 0) is 13.6 Å². The molecular formula is C24H28N6O2. The lowest BCUT2D eigenvalue weighted by Crippen LogP contribution is -2.30. The van der Waals surface area contributed by atoms with Crippen molar-refractivity contribution in [3.63, 3.8) is 0 Å². The van der Waals surface area contributed by atoms with E-state index in [9.17, 15) is 4.79 Å². The summed E-state index contributed by atoms with van der Waals surface area (Å²) in [5.74, 6) is 0.823. The molecule has 166 valence electrons. The normalized spacial score (nSPS) is 12.2. The van der Waals surface area contributed by atoms with Crippen LogP contribution in [0, 0.1) is 19.8 Å². The lowest BCUT2D eigenvalue weighted by atomic mass is 10.0. The number of nitrogens with zero attached hydrogens (tertiary/aromatic N) is 5. The summed E-state index contributed by atoms with van der Waals surface area (Å²) in [6, 6.07) is 11.5. The summed E-state index contributed by atoms with van der Waals surface area (Å²) < 4.78 is 9.02. The molecule has 0 aliphatic carbocycles. The Morgan fingerprint density at radius 1 is 1.22 bits per heavy atom. The van der Waals surface area contributed by atoms with Crippen molar-refractivity contribution in [2.75, 3.05) is 13.7 Å². The van der Waals surface area contributed by atoms with Gasteiger partial charge in [0.05, 0.1) is 29.4 Å². The van der Waals surface area contributed by atoms with Crippen LogP contribution in [-0.4, -0.2) is 44.1 Å². The van der Waals surface area contributed by atoms with Gasteiger partial charge in [0.25, 0.3) is 5.91 Å². The third-order valence-corrected chi connectivity index (χ3v) is 5.60. The highest BCUT2D eigenvalue weighted by Gasteiger charge is 2.20. The van der Waals surface area contributed by atoms with Gasteiger partial charge in [-0.15, -0.1) is 0 Å². The van der Waals surface area contributed by atoms with E-state index < -0.39 is 0 Å². The molecule has 0 aliphatic rings. The number of rotatable bonds is 7. The highest BCUT2D eigenvalue weighted by molar-refractivity contribution is 6.07. The topological polar surface area (TPSA) is 86.9 Å². The Hall–Kier alpha value is -3.68. The molecule has 0 aliphatic heterocycles. The zero-order valence-corrected chi connectivity index (χ0v) is 19.1. The smallest absolute Gasteiger partial charge is 0.252 e. The second kappa shape index (κ2) is 8.82. The van der Waals surface area contributed by atoms with Crippen LogP contribution in [0.15, 0.2) is 42.6 Å². The predicted octanol–water partition coefficient (Wildman–Crippen LogP) is 3.52. The van der Waals surface area contributed by atoms with Crippen molar-refractivity contribution in [3.8, 4) is 17.0 Å². The van der Waals surface area contributed by atoms with Crippen LogP contribution < -0.4 is 10.1 Å². The summed E-state index contributed by atoms with van der Waals surface area (Å²) in [5.41, 5.74) is 4.70. The molecule has 0 spiro atoms. The summed E-state index contributed by atoms with van der Waals surface area (Å²) in [6.07, 6.45) is 1.79. The Kier molecular flexibility index (Phi) is 5.94. The third-order valence-electron chi connectivity index (χ3n) is 5.60. The molecular weight excluding hydrogens is 404 g/mol. The molecule has 8 heteroatoms. The Morgan fingerprint density at radius 3 is 2.75 bits per heavy atom. The van der Waals surface area contributed by atoms with Gasteiger partial charge in [0, 0.05) is 37.6 Å². The monoisotopic (exact) mass is 432 g/mol. The maximum Gasteiger partial charge on any atom is 0.252 e. The van der Waals surface area contributed by atoms with Crippen LogP contribution in [0.2, 0.25) is 0 Å². The van der Waals surface area contributed by atoms with E-state index in [1.165, 1.54) is 0 Å². The first-order valence-electron chi connectivity index (χ1n) is 10.6. The van der Waals surface area contributed by atoms with E-state index in [0.29, 0.717) is 23.4 Å². The Balaban J connectivity index is 1.64. The van der Waals surface area contributed by atoms with Gasteiger partial charge in [-0.1, -0.05) is 19.1 Å². The minimum absolute atomic E-state index is 0.137. The minimum atomic E-state index is -0.137. The van der Waals surface area contributed by atoms with Crippen LogP contribution in [0.3, 0.4) is 0 Å². The van der Waals surface area contributed by atoms with Gasteiger partial charge in [-0.3, -0.25) is 14.2 Å². The summed E-state index contributed by atoms with van der Waals surface area (Å²) >= 11 is 0. The number of carbonyl (C=O) groups is 1. The molecule has 0 unspecified atom stereocenters. The highest BCUT2D eigenvalue weighted by Crippen LogP contribution is 2.28. The molecule has 1 N–H and O–H groups in total. The van der Waals surface area contributed by atoms with Gasteiger partial charge in [-0.05, 0) is 44.0 Å². The Bertz CT molecular complexity index is 1270. The van der Waals surface area contributed by atoms with Crippen LogP contribution in [0.1, 0.15) is 28.7 Å². The van der Waals surface area contributed by atoms with Crippen molar-refractivity contribution in [1.82, 2.24) is 29.9 Å². The molecule has 1 atom stereocenters. The molecule has 1 aromatic carbocycles. The molecule has 3 heterocycles. The van der Waals surface area contributed by atoms with Crippen molar-refractivity contribution in [2.24, 2.45) is 13.0 Å². The van der Waals surface area contributed by atoms with E-state index >= 15 is 0 Å². The van der Waals surface area contributed by atoms with Gasteiger partial charge >= 0.3 is 0 Å². The van der Waals surface area contributed by atoms with Gasteiger partial charge in [-0.2, -0.15) is 10.2 Å². The highest BCUT2D eigenvalue weighted by atomic mass is 16.5. The first kappa shape index (κ1) is 21.5. The molecule has 32 heavy (non-hydrogen) atoms. The van der Waals surface area contributed by atoms with E-state index in [1.807, 2.05) is 62.0 Å². The zero-order valence-electron chi connectivity index (χ0n) is 19.1. The predicted molar refractivity (Wildman–Crippen MR) is 124 cm³/mol. The van der Waals surface area contributed by atoms with Crippen molar-refractivity contribution in [2.45, 2.75) is 27.3 Å². The molecule has 4 rings (SSSR count). The molecule has 0 saturated heterocycles. The fourth-order valence-electron chi connectivity index (χ4n) is 3.87. The Morgan fingerprint density at radius 2 is 2.03 bits per heavy atom. The number of carbonyl (C=O) groups excluding carboxylic acids is 1. The number of ether oxygens (including phenoxy) is 1. The quantitative estimate of drug-likeness (QED) is 0.483. The molecule has 0 bridgehead atoms. The van der Waals surface area contributed by atoms with Gasteiger partial charge in [0.2, 0.25) is 0 Å². The van der Waals surface area contributed by atoms with E-state index in [0.717, 1.165) is 34.6 Å². The van der Waals surface area contributed by atoms with Crippen LogP contribution in [0.5, 0.6) is 5.75 Å². The van der Waals surface area contributed by atoms with Crippen molar-refractivity contribution in [1.29, 1.82) is 0 Å². The number of amides is 1. The molecule has 4 aromatic rings. The van der Waals surface area contributed by atoms with E-state index in [2.05, 4.69) is 22.4 Å². The lowest BCUT2D eigenvalue weighted by molar-refractivity contribution is 0.0948. The van der Waals surface area contributed by atoms with Crippen LogP contribution in [0.25, 0.3) is 22.3 Å². The third kappa shape index (κ3) is 4.21. The van der Waals surface area contributed by atoms with Gasteiger partial charge in [0.1, 0.15) is 5.75 Å². The second-order valence-electron chi connectivity index (χ2n) is 8.16. The lowest BCUT2D eigenvalue weighted by Gasteiger charge is -2.15. The van der Waals surface area contributed by atoms with E-state index in [4.69, 9.17) is 9.72 Å². The zero-order chi connectivity index (χ0) is 22.8. The fourth-order valence-corrected chi connectivity index (χ4v) is 3.87. The molecule has 0 radical (unpaired) electrons. The summed E-state index contributed by atoms with van der Waals surface area (Å²) in [6.45, 7) is 7.30. The number of fused-ring (bicyclic) bond motifs is 1. The van der Waals surface area contributed by atoms with E-state index in [1.54, 1.807) is 18.0 Å². The number of benzene rings is 1. The standard InChI is InChI=1S/C24H28N6O2/c1-15(14-30-16(2)9-10-26-30)13-25-24(31)20-12-21(18-7-6-8-19(11-18)32-5)27-23-22(20)17(3)28-29(23)4/h6-12,15H,13-14H2,1-5H3,(H,25,31)/t15-/m1/s1. The summed E-state index contributed by atoms with van der Waals surface area (Å²) in [5, 5.41) is 12.7. The number of hydrogen-bond acceptors (Lipinski definition) is 5. The van der Waals surface area contributed by atoms with Crippen molar-refractivity contribution >= 4 is 16.9 Å². The molecule has 0 saturated carbocycles. The molecule has 3 aromatic heterocycles. The summed E-state index contributed by atoms with van der Waals surface area (Å²) in [4.78, 5) is 18.1. The Labute approximate surface area is 187 Å². The largest absolute Gasteiger partial charge is 0.497 e. The number of methoxy groups -OCH3 is 1. The molecule has 0 fully saturated rings. The first-order valence-corrected chi connectivity index (χ1v) is 10.6. The van der Waals surface area contributed by atoms with Gasteiger partial charge < -0.3 is 10.1 Å². The average molecular weight is 433 g/mol. The maximum atomic E-state index is 13.3. The summed E-state index contributed by atoms with van der Waals surface area (Å²) in [7, 11) is 3.47. The van der Waals surface area contributed by atoms with Gasteiger partial charge in [-0.25, -0.2) is 4.98 Å². The van der Waals surface area contributed by atoms with Crippen LogP contribution >= 0.6 is 0 Å². The maximum absolute atomic E-state index is 13.3. The minimum Gasteiger partial charge on any atom is -0.497 e. The van der Waals surface area contributed by atoms with Crippen molar-refractivity contribution in [3.05, 3.63) is 59.5 Å². The van der Waals surface area contributed by atoms with E-state index in [-0.39, 0.29) is 11.8 Å². The molecule has 8 nitrogen and oxygen atoms in total. The fraction of sp³-hybridized carbons (Fsp3) is 0.333. The van der Waals surface area contributed by atoms with Crippen molar-refractivity contribution < 1.29 is 9.53 Å². The number of pyridine rings is 1. The number of hydrogen-bond donors (Lipinski definition) is 1. The first-order chi connectivity index (χ1) is 15.4. The number of nitrogens with one attached hydrogen (secondary N) is 1. The van der Waals surface area contributed by atoms with Gasteiger partial charge in [0.15, 0.2) is 5.65 Å². The number of aromatic nitrogens is 5. The number of aryl methyl sites for hydroxylation is 3. The van der Waals surface area contributed by atoms with Crippen LogP contribution in [0.4, 0.5) is 0 Å². The average Bonchev–Trinajstić information content (AvgIpc) is 3.33. The SMILES string of the molecule is COc1cccc(-c2cc(C(=O)NC[C@@H](C)Cn3nccc3C)c3c(C)nn(C)c3n2)c1. The molecule has 1 amide bonds. The second-order valence-corrected chi connectivity index (χ2v) is 8.16.